The van der Waals surface area contributed by atoms with E-state index in [2.05, 4.69) is 15.5 Å². The Morgan fingerprint density at radius 2 is 2.10 bits per heavy atom. The molecule has 0 fully saturated rings. The molecule has 7 heteroatoms. The lowest BCUT2D eigenvalue weighted by Gasteiger charge is -2.14. The summed E-state index contributed by atoms with van der Waals surface area (Å²) in [5, 5.41) is 21.9. The number of nitrogens with zero attached hydrogens (tertiary/aromatic N) is 4. The third-order valence-corrected chi connectivity index (χ3v) is 3.21. The Morgan fingerprint density at radius 1 is 1.40 bits per heavy atom. The highest BCUT2D eigenvalue weighted by Crippen LogP contribution is 2.17. The minimum Gasteiger partial charge on any atom is -0.317 e. The Bertz CT molecular complexity index is 579. The molecule has 0 spiro atoms. The topological polar surface area (TPSA) is 85.9 Å². The van der Waals surface area contributed by atoms with E-state index in [0.29, 0.717) is 6.54 Å². The van der Waals surface area contributed by atoms with Gasteiger partial charge in [-0.15, -0.1) is 10.2 Å². The van der Waals surface area contributed by atoms with Gasteiger partial charge < -0.3 is 9.88 Å². The van der Waals surface area contributed by atoms with Crippen LogP contribution in [0.3, 0.4) is 0 Å². The number of nitrogens with one attached hydrogen (secondary N) is 1. The molecule has 0 radical (unpaired) electrons. The van der Waals surface area contributed by atoms with E-state index in [9.17, 15) is 10.1 Å². The number of non-ortho nitro benzene ring substituents is 1. The van der Waals surface area contributed by atoms with Crippen LogP contribution in [-0.2, 0) is 13.1 Å². The Labute approximate surface area is 116 Å². The van der Waals surface area contributed by atoms with Gasteiger partial charge in [0.05, 0.1) is 11.5 Å². The summed E-state index contributed by atoms with van der Waals surface area (Å²) in [6.07, 6.45) is 1.70. The SMILES string of the molecule is CCn1cnnc1CNC(C)c1ccc([N+](=O)[O-])cc1. The van der Waals surface area contributed by atoms with Crippen LogP contribution in [0.4, 0.5) is 5.69 Å². The monoisotopic (exact) mass is 275 g/mol. The lowest BCUT2D eigenvalue weighted by Crippen LogP contribution is -2.20. The Kier molecular flexibility index (Phi) is 4.41. The third-order valence-electron chi connectivity index (χ3n) is 3.21. The van der Waals surface area contributed by atoms with Gasteiger partial charge in [0.1, 0.15) is 12.2 Å². The van der Waals surface area contributed by atoms with Crippen molar-refractivity contribution in [3.8, 4) is 0 Å². The second-order valence-corrected chi connectivity index (χ2v) is 4.48. The summed E-state index contributed by atoms with van der Waals surface area (Å²) >= 11 is 0. The molecule has 0 aliphatic carbocycles. The first-order valence-corrected chi connectivity index (χ1v) is 6.46. The molecular formula is C13H17N5O2. The van der Waals surface area contributed by atoms with Gasteiger partial charge >= 0.3 is 0 Å². The van der Waals surface area contributed by atoms with Crippen molar-refractivity contribution in [2.45, 2.75) is 33.0 Å². The van der Waals surface area contributed by atoms with E-state index in [4.69, 9.17) is 0 Å². The molecule has 0 saturated carbocycles. The van der Waals surface area contributed by atoms with Gasteiger partial charge in [0.15, 0.2) is 0 Å². The molecule has 1 atom stereocenters. The van der Waals surface area contributed by atoms with E-state index in [1.807, 2.05) is 18.4 Å². The van der Waals surface area contributed by atoms with Crippen LogP contribution in [0.1, 0.15) is 31.3 Å². The number of hydrogen-bond donors (Lipinski definition) is 1. The van der Waals surface area contributed by atoms with E-state index < -0.39 is 4.92 Å². The second-order valence-electron chi connectivity index (χ2n) is 4.48. The summed E-state index contributed by atoms with van der Waals surface area (Å²) in [5.41, 5.74) is 1.10. The molecule has 2 aromatic rings. The molecule has 106 valence electrons. The summed E-state index contributed by atoms with van der Waals surface area (Å²) in [4.78, 5) is 10.2. The first-order valence-electron chi connectivity index (χ1n) is 6.46. The first-order chi connectivity index (χ1) is 9.61. The molecule has 1 unspecified atom stereocenters. The Balaban J connectivity index is 1.98. The largest absolute Gasteiger partial charge is 0.317 e. The average Bonchev–Trinajstić information content (AvgIpc) is 2.92. The van der Waals surface area contributed by atoms with Crippen molar-refractivity contribution in [2.75, 3.05) is 0 Å². The van der Waals surface area contributed by atoms with E-state index in [1.165, 1.54) is 12.1 Å². The summed E-state index contributed by atoms with van der Waals surface area (Å²) in [6, 6.07) is 6.64. The van der Waals surface area contributed by atoms with Gasteiger partial charge in [-0.25, -0.2) is 0 Å². The molecule has 0 aliphatic heterocycles. The lowest BCUT2D eigenvalue weighted by molar-refractivity contribution is -0.384. The Hall–Kier alpha value is -2.28. The van der Waals surface area contributed by atoms with E-state index >= 15 is 0 Å². The van der Waals surface area contributed by atoms with E-state index in [0.717, 1.165) is 17.9 Å². The van der Waals surface area contributed by atoms with Crippen LogP contribution in [0.5, 0.6) is 0 Å². The maximum atomic E-state index is 10.6. The fourth-order valence-electron chi connectivity index (χ4n) is 1.93. The number of nitro groups is 1. The van der Waals surface area contributed by atoms with Crippen molar-refractivity contribution in [3.63, 3.8) is 0 Å². The highest BCUT2D eigenvalue weighted by Gasteiger charge is 2.10. The third kappa shape index (κ3) is 3.18. The molecule has 2 rings (SSSR count). The minimum absolute atomic E-state index is 0.0813. The van der Waals surface area contributed by atoms with Gasteiger partial charge in [-0.2, -0.15) is 0 Å². The van der Waals surface area contributed by atoms with Gasteiger partial charge in [0.2, 0.25) is 0 Å². The average molecular weight is 275 g/mol. The predicted molar refractivity (Wildman–Crippen MR) is 74.0 cm³/mol. The van der Waals surface area contributed by atoms with Gasteiger partial charge in [0, 0.05) is 24.7 Å². The molecule has 0 saturated heterocycles. The van der Waals surface area contributed by atoms with Crippen LogP contribution in [-0.4, -0.2) is 19.7 Å². The lowest BCUT2D eigenvalue weighted by atomic mass is 10.1. The zero-order chi connectivity index (χ0) is 14.5. The van der Waals surface area contributed by atoms with Crippen LogP contribution in [0, 0.1) is 10.1 Å². The van der Waals surface area contributed by atoms with Crippen LogP contribution in [0.2, 0.25) is 0 Å². The summed E-state index contributed by atoms with van der Waals surface area (Å²) in [6.45, 7) is 5.47. The number of nitro benzene ring substituents is 1. The fourth-order valence-corrected chi connectivity index (χ4v) is 1.93. The number of rotatable bonds is 6. The first kappa shape index (κ1) is 14.1. The highest BCUT2D eigenvalue weighted by atomic mass is 16.6. The van der Waals surface area contributed by atoms with E-state index in [1.54, 1.807) is 18.5 Å². The zero-order valence-electron chi connectivity index (χ0n) is 11.5. The normalized spacial score (nSPS) is 12.3. The molecule has 0 aliphatic rings. The molecule has 20 heavy (non-hydrogen) atoms. The fraction of sp³-hybridized carbons (Fsp3) is 0.385. The number of benzene rings is 1. The molecule has 0 bridgehead atoms. The van der Waals surface area contributed by atoms with Crippen molar-refractivity contribution in [3.05, 3.63) is 52.1 Å². The second kappa shape index (κ2) is 6.25. The maximum absolute atomic E-state index is 10.6. The summed E-state index contributed by atoms with van der Waals surface area (Å²) < 4.78 is 1.97. The number of aromatic nitrogens is 3. The van der Waals surface area contributed by atoms with Gasteiger partial charge in [-0.3, -0.25) is 10.1 Å². The van der Waals surface area contributed by atoms with Crippen LogP contribution in [0.25, 0.3) is 0 Å². The van der Waals surface area contributed by atoms with Gasteiger partial charge in [0.25, 0.3) is 5.69 Å². The van der Waals surface area contributed by atoms with Crippen LogP contribution < -0.4 is 5.32 Å². The highest BCUT2D eigenvalue weighted by molar-refractivity contribution is 5.34. The van der Waals surface area contributed by atoms with Crippen molar-refractivity contribution in [1.82, 2.24) is 20.1 Å². The molecule has 0 amide bonds. The molecule has 1 N–H and O–H groups in total. The van der Waals surface area contributed by atoms with Crippen LogP contribution >= 0.6 is 0 Å². The minimum atomic E-state index is -0.397. The Morgan fingerprint density at radius 3 is 2.70 bits per heavy atom. The number of aryl methyl sites for hydroxylation is 1. The van der Waals surface area contributed by atoms with Crippen molar-refractivity contribution in [1.29, 1.82) is 0 Å². The van der Waals surface area contributed by atoms with Crippen LogP contribution in [0.15, 0.2) is 30.6 Å². The molecule has 1 aromatic carbocycles. The molecule has 1 aromatic heterocycles. The smallest absolute Gasteiger partial charge is 0.269 e. The standard InChI is InChI=1S/C13H17N5O2/c1-3-17-9-15-16-13(17)8-14-10(2)11-4-6-12(7-5-11)18(19)20/h4-7,9-10,14H,3,8H2,1-2H3. The van der Waals surface area contributed by atoms with Crippen molar-refractivity contribution >= 4 is 5.69 Å². The maximum Gasteiger partial charge on any atom is 0.269 e. The van der Waals surface area contributed by atoms with E-state index in [-0.39, 0.29) is 11.7 Å². The summed E-state index contributed by atoms with van der Waals surface area (Å²) in [5.74, 6) is 0.876. The number of hydrogen-bond acceptors (Lipinski definition) is 5. The van der Waals surface area contributed by atoms with Gasteiger partial charge in [-0.1, -0.05) is 12.1 Å². The predicted octanol–water partition coefficient (Wildman–Crippen LogP) is 2.06. The molecule has 1 heterocycles. The van der Waals surface area contributed by atoms with Crippen molar-refractivity contribution < 1.29 is 4.92 Å². The molecular weight excluding hydrogens is 258 g/mol. The van der Waals surface area contributed by atoms with Gasteiger partial charge in [-0.05, 0) is 19.4 Å². The zero-order valence-corrected chi connectivity index (χ0v) is 11.5. The molecule has 7 nitrogen and oxygen atoms in total. The van der Waals surface area contributed by atoms with Crippen molar-refractivity contribution in [2.24, 2.45) is 0 Å². The summed E-state index contributed by atoms with van der Waals surface area (Å²) in [7, 11) is 0. The quantitative estimate of drug-likeness (QED) is 0.644.